The Bertz CT molecular complexity index is 1500. The second-order valence-electron chi connectivity index (χ2n) is 9.08. The minimum atomic E-state index is -0.711. The number of aliphatic imine (C=N–C) groups is 1. The lowest BCUT2D eigenvalue weighted by molar-refractivity contribution is 0.102. The van der Waals surface area contributed by atoms with Crippen LogP contribution >= 0.6 is 11.3 Å². The molecule has 0 spiro atoms. The van der Waals surface area contributed by atoms with Gasteiger partial charge in [-0.05, 0) is 94.5 Å². The van der Waals surface area contributed by atoms with Crippen LogP contribution in [0.4, 0.5) is 16.4 Å². The standard InChI is InChI=1S/C30H30N4O3S/c1-7-10-26(37-8-2)34-29-20(4)15-25(38-29)28(36)33-24-17-23(14-13-19(24)3)32-27(35)21-11-9-12-22(16-21)30(5,6)18-31/h9,11-17H,8H2,1-6H3,(H,32,35)(H,33,36)/b34-26+. The third-order valence-corrected chi connectivity index (χ3v) is 6.83. The molecule has 0 aliphatic carbocycles. The van der Waals surface area contributed by atoms with E-state index in [9.17, 15) is 14.9 Å². The Morgan fingerprint density at radius 2 is 1.82 bits per heavy atom. The van der Waals surface area contributed by atoms with Crippen molar-refractivity contribution in [3.05, 3.63) is 75.7 Å². The average molecular weight is 527 g/mol. The molecule has 0 saturated heterocycles. The Morgan fingerprint density at radius 3 is 2.50 bits per heavy atom. The number of amides is 2. The molecule has 2 amide bonds. The smallest absolute Gasteiger partial charge is 0.269 e. The molecular weight excluding hydrogens is 496 g/mol. The highest BCUT2D eigenvalue weighted by atomic mass is 32.1. The largest absolute Gasteiger partial charge is 0.472 e. The maximum atomic E-state index is 13.1. The summed E-state index contributed by atoms with van der Waals surface area (Å²) in [6.45, 7) is 11.4. The van der Waals surface area contributed by atoms with E-state index in [1.807, 2.05) is 32.9 Å². The van der Waals surface area contributed by atoms with Crippen LogP contribution in [-0.2, 0) is 10.2 Å². The lowest BCUT2D eigenvalue weighted by Crippen LogP contribution is -2.17. The minimum Gasteiger partial charge on any atom is -0.472 e. The van der Waals surface area contributed by atoms with Gasteiger partial charge < -0.3 is 15.4 Å². The van der Waals surface area contributed by atoms with Crippen LogP contribution in [0.5, 0.6) is 0 Å². The van der Waals surface area contributed by atoms with Crippen LogP contribution in [0.1, 0.15) is 64.4 Å². The molecule has 7 nitrogen and oxygen atoms in total. The van der Waals surface area contributed by atoms with Gasteiger partial charge in [-0.25, -0.2) is 0 Å². The number of benzene rings is 2. The van der Waals surface area contributed by atoms with Gasteiger partial charge in [-0.2, -0.15) is 10.3 Å². The van der Waals surface area contributed by atoms with Crippen LogP contribution in [-0.4, -0.2) is 24.3 Å². The molecule has 38 heavy (non-hydrogen) atoms. The van der Waals surface area contributed by atoms with Gasteiger partial charge in [0.15, 0.2) is 0 Å². The third kappa shape index (κ3) is 6.88. The first kappa shape index (κ1) is 28.2. The number of carbonyl (C=O) groups excluding carboxylic acids is 2. The van der Waals surface area contributed by atoms with Gasteiger partial charge in [0.2, 0.25) is 0 Å². The molecule has 0 radical (unpaired) electrons. The second-order valence-corrected chi connectivity index (χ2v) is 10.1. The van der Waals surface area contributed by atoms with Crippen molar-refractivity contribution >= 4 is 45.4 Å². The van der Waals surface area contributed by atoms with E-state index in [2.05, 4.69) is 33.5 Å². The van der Waals surface area contributed by atoms with E-state index in [1.165, 1.54) is 11.3 Å². The van der Waals surface area contributed by atoms with Gasteiger partial charge in [0.25, 0.3) is 17.7 Å². The summed E-state index contributed by atoms with van der Waals surface area (Å²) >= 11 is 1.25. The fourth-order valence-electron chi connectivity index (χ4n) is 3.46. The van der Waals surface area contributed by atoms with E-state index in [-0.39, 0.29) is 11.8 Å². The highest BCUT2D eigenvalue weighted by Crippen LogP contribution is 2.32. The average Bonchev–Trinajstić information content (AvgIpc) is 3.26. The van der Waals surface area contributed by atoms with E-state index >= 15 is 0 Å². The summed E-state index contributed by atoms with van der Waals surface area (Å²) in [5, 5.41) is 15.9. The Morgan fingerprint density at radius 1 is 1.05 bits per heavy atom. The van der Waals surface area contributed by atoms with Crippen LogP contribution in [0.2, 0.25) is 0 Å². The molecular formula is C30H30N4O3S. The molecule has 8 heteroatoms. The summed E-state index contributed by atoms with van der Waals surface area (Å²) in [6.07, 6.45) is 0. The highest BCUT2D eigenvalue weighted by molar-refractivity contribution is 7.18. The highest BCUT2D eigenvalue weighted by Gasteiger charge is 2.21. The van der Waals surface area contributed by atoms with Gasteiger partial charge in [0, 0.05) is 16.9 Å². The fraction of sp³-hybridized carbons (Fsp3) is 0.267. The first-order valence-electron chi connectivity index (χ1n) is 12.1. The Labute approximate surface area is 227 Å². The zero-order valence-corrected chi connectivity index (χ0v) is 23.2. The van der Waals surface area contributed by atoms with Gasteiger partial charge in [0.1, 0.15) is 5.00 Å². The maximum Gasteiger partial charge on any atom is 0.269 e. The third-order valence-electron chi connectivity index (χ3n) is 5.70. The molecule has 0 bridgehead atoms. The van der Waals surface area contributed by atoms with E-state index in [0.29, 0.717) is 39.3 Å². The number of aryl methyl sites for hydroxylation is 2. The maximum absolute atomic E-state index is 13.1. The summed E-state index contributed by atoms with van der Waals surface area (Å²) in [7, 11) is 0. The number of nitriles is 1. The number of nitrogens with zero attached hydrogens (tertiary/aromatic N) is 2. The van der Waals surface area contributed by atoms with E-state index in [0.717, 1.165) is 16.7 Å². The number of hydrogen-bond donors (Lipinski definition) is 2. The van der Waals surface area contributed by atoms with Crippen LogP contribution < -0.4 is 10.6 Å². The van der Waals surface area contributed by atoms with E-state index in [4.69, 9.17) is 4.74 Å². The molecule has 2 aromatic carbocycles. The van der Waals surface area contributed by atoms with Crippen LogP contribution in [0.3, 0.4) is 0 Å². The van der Waals surface area contributed by atoms with Crippen molar-refractivity contribution in [1.29, 1.82) is 5.26 Å². The van der Waals surface area contributed by atoms with Crippen molar-refractivity contribution in [2.75, 3.05) is 17.2 Å². The number of ether oxygens (including phenoxy) is 1. The quantitative estimate of drug-likeness (QED) is 0.202. The molecule has 3 aromatic rings. The molecule has 0 aliphatic heterocycles. The summed E-state index contributed by atoms with van der Waals surface area (Å²) in [5.41, 5.74) is 3.29. The summed E-state index contributed by atoms with van der Waals surface area (Å²) in [4.78, 5) is 30.9. The van der Waals surface area contributed by atoms with Gasteiger partial charge >= 0.3 is 0 Å². The molecule has 0 aliphatic rings. The predicted molar refractivity (Wildman–Crippen MR) is 153 cm³/mol. The van der Waals surface area contributed by atoms with Crippen molar-refractivity contribution in [3.63, 3.8) is 0 Å². The number of nitrogens with one attached hydrogen (secondary N) is 2. The Balaban J connectivity index is 1.79. The minimum absolute atomic E-state index is 0.280. The molecule has 0 atom stereocenters. The second kappa shape index (κ2) is 12.2. The Hall–Kier alpha value is -4.40. The predicted octanol–water partition coefficient (Wildman–Crippen LogP) is 6.76. The number of thiophene rings is 1. The molecule has 0 fully saturated rings. The van der Waals surface area contributed by atoms with Crippen molar-refractivity contribution < 1.29 is 14.3 Å². The molecule has 2 N–H and O–H groups in total. The zero-order valence-electron chi connectivity index (χ0n) is 22.4. The molecule has 1 aromatic heterocycles. The van der Waals surface area contributed by atoms with Crippen LogP contribution in [0.15, 0.2) is 53.5 Å². The summed E-state index contributed by atoms with van der Waals surface area (Å²) in [6, 6.07) is 16.4. The first-order chi connectivity index (χ1) is 18.1. The molecule has 0 unspecified atom stereocenters. The zero-order chi connectivity index (χ0) is 27.9. The first-order valence-corrected chi connectivity index (χ1v) is 12.9. The Kier molecular flexibility index (Phi) is 9.07. The van der Waals surface area contributed by atoms with Crippen LogP contribution in [0.25, 0.3) is 0 Å². The van der Waals surface area contributed by atoms with Crippen molar-refractivity contribution in [2.45, 2.75) is 47.0 Å². The number of hydrogen-bond acceptors (Lipinski definition) is 6. The number of carbonyl (C=O) groups is 2. The van der Waals surface area contributed by atoms with Gasteiger partial charge in [-0.15, -0.1) is 11.3 Å². The fourth-order valence-corrected chi connectivity index (χ4v) is 4.40. The van der Waals surface area contributed by atoms with Gasteiger partial charge in [0.05, 0.1) is 23.0 Å². The van der Waals surface area contributed by atoms with Crippen molar-refractivity contribution in [3.8, 4) is 17.9 Å². The topological polar surface area (TPSA) is 104 Å². The summed E-state index contributed by atoms with van der Waals surface area (Å²) < 4.78 is 5.46. The van der Waals surface area contributed by atoms with E-state index in [1.54, 1.807) is 57.2 Å². The summed E-state index contributed by atoms with van der Waals surface area (Å²) in [5.74, 6) is 5.33. The molecule has 3 rings (SSSR count). The van der Waals surface area contributed by atoms with Gasteiger partial charge in [-0.3, -0.25) is 9.59 Å². The van der Waals surface area contributed by atoms with Crippen molar-refractivity contribution in [2.24, 2.45) is 4.99 Å². The van der Waals surface area contributed by atoms with Crippen LogP contribution in [0, 0.1) is 37.0 Å². The van der Waals surface area contributed by atoms with Crippen molar-refractivity contribution in [1.82, 2.24) is 0 Å². The molecule has 1 heterocycles. The van der Waals surface area contributed by atoms with E-state index < -0.39 is 5.41 Å². The lowest BCUT2D eigenvalue weighted by atomic mass is 9.85. The van der Waals surface area contributed by atoms with Gasteiger partial charge in [-0.1, -0.05) is 24.1 Å². The normalized spacial score (nSPS) is 11.1. The molecule has 0 saturated carbocycles. The number of anilines is 2. The number of rotatable bonds is 7. The SMILES string of the molecule is CC#C/C(=N\c1sc(C(=O)Nc2cc(NC(=O)c3cccc(C(C)(C)C#N)c3)ccc2C)cc1C)OCC. The molecule has 194 valence electrons. The lowest BCUT2D eigenvalue weighted by Gasteiger charge is -2.16. The monoisotopic (exact) mass is 526 g/mol.